The van der Waals surface area contributed by atoms with E-state index in [0.717, 1.165) is 16.6 Å². The Morgan fingerprint density at radius 3 is 2.52 bits per heavy atom. The topological polar surface area (TPSA) is 90.9 Å². The highest BCUT2D eigenvalue weighted by Crippen LogP contribution is 2.11. The van der Waals surface area contributed by atoms with E-state index in [1.807, 2.05) is 51.1 Å². The molecule has 29 heavy (non-hydrogen) atoms. The van der Waals surface area contributed by atoms with Gasteiger partial charge in [-0.2, -0.15) is 0 Å². The molecule has 0 atom stereocenters. The number of nitrogens with zero attached hydrogens (tertiary/aromatic N) is 4. The van der Waals surface area contributed by atoms with Gasteiger partial charge in [0.15, 0.2) is 11.2 Å². The minimum absolute atomic E-state index is 0.270. The summed E-state index contributed by atoms with van der Waals surface area (Å²) in [7, 11) is 0. The standard InChI is InChI=1S/C21H27N5O3/c1-4-10-22-17(27)13-26-20(28)18-19(23-14-24(18)11-15(2)3)25(21(26)29)12-16-8-6-5-7-9-16/h5-9,14-15H,4,10-13H2,1-3H3,(H,22,27). The molecule has 0 saturated carbocycles. The molecule has 0 spiro atoms. The normalized spacial score (nSPS) is 11.3. The predicted octanol–water partition coefficient (Wildman–Crippen LogP) is 1.59. The van der Waals surface area contributed by atoms with Crippen LogP contribution in [0.5, 0.6) is 0 Å². The number of nitrogens with one attached hydrogen (secondary N) is 1. The average molecular weight is 397 g/mol. The Bertz CT molecular complexity index is 1110. The number of amides is 1. The Kier molecular flexibility index (Phi) is 6.31. The number of benzene rings is 1. The summed E-state index contributed by atoms with van der Waals surface area (Å²) in [5.74, 6) is -0.0609. The van der Waals surface area contributed by atoms with E-state index in [0.29, 0.717) is 30.2 Å². The van der Waals surface area contributed by atoms with Crippen LogP contribution in [-0.2, 0) is 24.4 Å². The van der Waals surface area contributed by atoms with Crippen LogP contribution in [0.3, 0.4) is 0 Å². The maximum Gasteiger partial charge on any atom is 0.333 e. The fourth-order valence-corrected chi connectivity index (χ4v) is 3.28. The monoisotopic (exact) mass is 397 g/mol. The van der Waals surface area contributed by atoms with Crippen molar-refractivity contribution in [2.45, 2.75) is 46.8 Å². The molecular weight excluding hydrogens is 370 g/mol. The first-order chi connectivity index (χ1) is 13.9. The van der Waals surface area contributed by atoms with Gasteiger partial charge in [0.05, 0.1) is 12.9 Å². The van der Waals surface area contributed by atoms with Gasteiger partial charge >= 0.3 is 5.69 Å². The Balaban J connectivity index is 2.17. The molecule has 1 amide bonds. The third-order valence-electron chi connectivity index (χ3n) is 4.60. The molecule has 3 aromatic rings. The molecule has 0 saturated heterocycles. The fourth-order valence-electron chi connectivity index (χ4n) is 3.28. The second kappa shape index (κ2) is 8.89. The van der Waals surface area contributed by atoms with Gasteiger partial charge in [-0.15, -0.1) is 0 Å². The van der Waals surface area contributed by atoms with Crippen LogP contribution in [0.1, 0.15) is 32.8 Å². The molecule has 3 rings (SSSR count). The van der Waals surface area contributed by atoms with E-state index in [4.69, 9.17) is 0 Å². The number of imidazole rings is 1. The van der Waals surface area contributed by atoms with Crippen LogP contribution >= 0.6 is 0 Å². The van der Waals surface area contributed by atoms with Gasteiger partial charge in [-0.3, -0.25) is 14.2 Å². The minimum Gasteiger partial charge on any atom is -0.355 e. The van der Waals surface area contributed by atoms with Crippen LogP contribution in [0.15, 0.2) is 46.2 Å². The predicted molar refractivity (Wildman–Crippen MR) is 112 cm³/mol. The van der Waals surface area contributed by atoms with Gasteiger partial charge in [-0.05, 0) is 17.9 Å². The highest BCUT2D eigenvalue weighted by atomic mass is 16.2. The van der Waals surface area contributed by atoms with Crippen LogP contribution in [-0.4, -0.2) is 31.1 Å². The molecule has 8 heteroatoms. The molecule has 0 bridgehead atoms. The van der Waals surface area contributed by atoms with Crippen molar-refractivity contribution in [2.24, 2.45) is 5.92 Å². The first-order valence-electron chi connectivity index (χ1n) is 9.91. The second-order valence-corrected chi connectivity index (χ2v) is 7.56. The number of hydrogen-bond donors (Lipinski definition) is 1. The fraction of sp³-hybridized carbons (Fsp3) is 0.429. The Labute approximate surface area is 168 Å². The molecule has 0 aliphatic rings. The second-order valence-electron chi connectivity index (χ2n) is 7.56. The van der Waals surface area contributed by atoms with Crippen molar-refractivity contribution < 1.29 is 4.79 Å². The highest BCUT2D eigenvalue weighted by molar-refractivity contribution is 5.76. The smallest absolute Gasteiger partial charge is 0.333 e. The van der Waals surface area contributed by atoms with E-state index >= 15 is 0 Å². The summed E-state index contributed by atoms with van der Waals surface area (Å²) in [5, 5.41) is 2.72. The number of aromatic nitrogens is 4. The molecule has 0 unspecified atom stereocenters. The molecule has 8 nitrogen and oxygen atoms in total. The lowest BCUT2D eigenvalue weighted by Crippen LogP contribution is -2.44. The third-order valence-corrected chi connectivity index (χ3v) is 4.60. The van der Waals surface area contributed by atoms with Gasteiger partial charge in [0.2, 0.25) is 5.91 Å². The van der Waals surface area contributed by atoms with E-state index in [1.165, 1.54) is 4.57 Å². The molecule has 0 aliphatic heterocycles. The van der Waals surface area contributed by atoms with E-state index in [2.05, 4.69) is 10.3 Å². The van der Waals surface area contributed by atoms with Crippen molar-refractivity contribution in [1.82, 2.24) is 24.0 Å². The van der Waals surface area contributed by atoms with E-state index in [9.17, 15) is 14.4 Å². The average Bonchev–Trinajstić information content (AvgIpc) is 3.10. The largest absolute Gasteiger partial charge is 0.355 e. The summed E-state index contributed by atoms with van der Waals surface area (Å²) >= 11 is 0. The van der Waals surface area contributed by atoms with Crippen molar-refractivity contribution in [3.8, 4) is 0 Å². The lowest BCUT2D eigenvalue weighted by atomic mass is 10.2. The molecule has 2 aromatic heterocycles. The van der Waals surface area contributed by atoms with Gasteiger partial charge in [0.1, 0.15) is 6.54 Å². The van der Waals surface area contributed by atoms with Crippen LogP contribution < -0.4 is 16.6 Å². The zero-order chi connectivity index (χ0) is 21.0. The minimum atomic E-state index is -0.534. The summed E-state index contributed by atoms with van der Waals surface area (Å²) < 4.78 is 4.24. The quantitative estimate of drug-likeness (QED) is 0.625. The van der Waals surface area contributed by atoms with Gasteiger partial charge in [0.25, 0.3) is 5.56 Å². The number of carbonyl (C=O) groups excluding carboxylic acids is 1. The third kappa shape index (κ3) is 4.47. The molecular formula is C21H27N5O3. The SMILES string of the molecule is CCCNC(=O)Cn1c(=O)c2c(ncn2CC(C)C)n(Cc2ccccc2)c1=O. The Morgan fingerprint density at radius 1 is 1.14 bits per heavy atom. The number of rotatable bonds is 8. The lowest BCUT2D eigenvalue weighted by Gasteiger charge is -2.13. The van der Waals surface area contributed by atoms with Crippen molar-refractivity contribution >= 4 is 17.1 Å². The van der Waals surface area contributed by atoms with Crippen molar-refractivity contribution in [3.05, 3.63) is 63.1 Å². The van der Waals surface area contributed by atoms with Crippen molar-refractivity contribution in [1.29, 1.82) is 0 Å². The summed E-state index contributed by atoms with van der Waals surface area (Å²) in [6.07, 6.45) is 2.37. The summed E-state index contributed by atoms with van der Waals surface area (Å²) in [5.41, 5.74) is 0.578. The maximum absolute atomic E-state index is 13.1. The van der Waals surface area contributed by atoms with Gasteiger partial charge < -0.3 is 9.88 Å². The zero-order valence-electron chi connectivity index (χ0n) is 17.1. The molecule has 0 radical (unpaired) electrons. The molecule has 1 aromatic carbocycles. The van der Waals surface area contributed by atoms with Crippen LogP contribution in [0.25, 0.3) is 11.2 Å². The Hall–Kier alpha value is -3.16. The molecule has 1 N–H and O–H groups in total. The van der Waals surface area contributed by atoms with Crippen LogP contribution in [0.2, 0.25) is 0 Å². The summed E-state index contributed by atoms with van der Waals surface area (Å²) in [6.45, 7) is 7.08. The van der Waals surface area contributed by atoms with E-state index < -0.39 is 11.2 Å². The van der Waals surface area contributed by atoms with Crippen molar-refractivity contribution in [3.63, 3.8) is 0 Å². The summed E-state index contributed by atoms with van der Waals surface area (Å²) in [4.78, 5) is 42.9. The number of carbonyl (C=O) groups is 1. The van der Waals surface area contributed by atoms with Gasteiger partial charge in [0, 0.05) is 13.1 Å². The molecule has 0 aliphatic carbocycles. The van der Waals surface area contributed by atoms with Gasteiger partial charge in [-0.1, -0.05) is 51.1 Å². The number of hydrogen-bond acceptors (Lipinski definition) is 4. The molecule has 0 fully saturated rings. The van der Waals surface area contributed by atoms with Crippen LogP contribution in [0.4, 0.5) is 0 Å². The summed E-state index contributed by atoms with van der Waals surface area (Å²) in [6, 6.07) is 9.50. The molecule has 2 heterocycles. The lowest BCUT2D eigenvalue weighted by molar-refractivity contribution is -0.121. The van der Waals surface area contributed by atoms with E-state index in [1.54, 1.807) is 10.9 Å². The maximum atomic E-state index is 13.1. The molecule has 154 valence electrons. The van der Waals surface area contributed by atoms with Crippen LogP contribution in [0, 0.1) is 5.92 Å². The first kappa shape index (κ1) is 20.6. The van der Waals surface area contributed by atoms with Crippen molar-refractivity contribution in [2.75, 3.05) is 6.54 Å². The van der Waals surface area contributed by atoms with Gasteiger partial charge in [-0.25, -0.2) is 14.3 Å². The first-order valence-corrected chi connectivity index (χ1v) is 9.91. The zero-order valence-corrected chi connectivity index (χ0v) is 17.1. The Morgan fingerprint density at radius 2 is 1.86 bits per heavy atom. The van der Waals surface area contributed by atoms with E-state index in [-0.39, 0.29) is 19.0 Å². The highest BCUT2D eigenvalue weighted by Gasteiger charge is 2.20. The number of fused-ring (bicyclic) bond motifs is 1.